The molecule has 0 atom stereocenters. The summed E-state index contributed by atoms with van der Waals surface area (Å²) < 4.78 is 0. The second-order valence-electron chi connectivity index (χ2n) is 2.57. The lowest BCUT2D eigenvalue weighted by Gasteiger charge is -1.92. The van der Waals surface area contributed by atoms with Gasteiger partial charge in [0.15, 0.2) is 5.13 Å². The molecule has 1 aromatic heterocycles. The van der Waals surface area contributed by atoms with Gasteiger partial charge in [-0.2, -0.15) is 0 Å². The Kier molecular flexibility index (Phi) is 2.44. The van der Waals surface area contributed by atoms with Crippen LogP contribution in [0.5, 0.6) is 0 Å². The van der Waals surface area contributed by atoms with Crippen LogP contribution in [0, 0.1) is 0 Å². The number of benzene rings is 1. The molecule has 5 heteroatoms. The molecule has 2 aromatic rings. The number of aromatic nitrogens is 1. The molecule has 0 unspecified atom stereocenters. The topological polar surface area (TPSA) is 61.7 Å². The van der Waals surface area contributed by atoms with E-state index >= 15 is 0 Å². The van der Waals surface area contributed by atoms with E-state index in [0.29, 0.717) is 5.13 Å². The molecule has 0 spiro atoms. The highest BCUT2D eigenvalue weighted by atomic mass is 32.1. The fraction of sp³-hybridized carbons (Fsp3) is 0. The molecule has 1 heterocycles. The lowest BCUT2D eigenvalue weighted by atomic mass is 10.2. The summed E-state index contributed by atoms with van der Waals surface area (Å²) in [5.41, 5.74) is 10.1. The van der Waals surface area contributed by atoms with Gasteiger partial charge < -0.3 is 0 Å². The molecule has 1 aromatic carbocycles. The molecular formula is C9H6N4S. The van der Waals surface area contributed by atoms with Crippen LogP contribution in [-0.4, -0.2) is 4.98 Å². The van der Waals surface area contributed by atoms with Crippen molar-refractivity contribution in [3.63, 3.8) is 0 Å². The number of azide groups is 1. The first-order valence-corrected chi connectivity index (χ1v) is 4.84. The van der Waals surface area contributed by atoms with Crippen LogP contribution in [0.15, 0.2) is 40.8 Å². The van der Waals surface area contributed by atoms with E-state index in [0.717, 1.165) is 11.3 Å². The summed E-state index contributed by atoms with van der Waals surface area (Å²) in [6.45, 7) is 0. The maximum atomic E-state index is 8.22. The SMILES string of the molecule is [N-]=[N+]=Nc1nc(-c2ccccc2)cs1. The highest BCUT2D eigenvalue weighted by Crippen LogP contribution is 2.26. The Bertz CT molecular complexity index is 471. The molecule has 68 valence electrons. The highest BCUT2D eigenvalue weighted by molar-refractivity contribution is 7.13. The van der Waals surface area contributed by atoms with Gasteiger partial charge in [-0.05, 0) is 10.6 Å². The van der Waals surface area contributed by atoms with Crippen LogP contribution in [0.3, 0.4) is 0 Å². The Labute approximate surface area is 84.5 Å². The van der Waals surface area contributed by atoms with E-state index in [1.807, 2.05) is 35.7 Å². The molecule has 0 saturated carbocycles. The second-order valence-corrected chi connectivity index (χ2v) is 3.41. The van der Waals surface area contributed by atoms with Crippen LogP contribution in [0.2, 0.25) is 0 Å². The number of hydrogen-bond acceptors (Lipinski definition) is 3. The molecule has 0 N–H and O–H groups in total. The van der Waals surface area contributed by atoms with Gasteiger partial charge in [0.2, 0.25) is 0 Å². The van der Waals surface area contributed by atoms with Gasteiger partial charge in [-0.15, -0.1) is 11.3 Å². The summed E-state index contributed by atoms with van der Waals surface area (Å²) in [6, 6.07) is 9.78. The van der Waals surface area contributed by atoms with Crippen LogP contribution in [0.25, 0.3) is 21.7 Å². The molecule has 0 radical (unpaired) electrons. The van der Waals surface area contributed by atoms with Gasteiger partial charge in [-0.3, -0.25) is 0 Å². The smallest absolute Gasteiger partial charge is 0.180 e. The fourth-order valence-electron chi connectivity index (χ4n) is 1.09. The van der Waals surface area contributed by atoms with Crippen molar-refractivity contribution in [2.75, 3.05) is 0 Å². The van der Waals surface area contributed by atoms with Crippen LogP contribution >= 0.6 is 11.3 Å². The Balaban J connectivity index is 2.39. The van der Waals surface area contributed by atoms with Crippen LogP contribution in [0.1, 0.15) is 0 Å². The van der Waals surface area contributed by atoms with E-state index in [2.05, 4.69) is 15.0 Å². The normalized spacial score (nSPS) is 9.43. The minimum Gasteiger partial charge on any atom is -0.235 e. The lowest BCUT2D eigenvalue weighted by molar-refractivity contribution is 1.34. The molecule has 0 saturated heterocycles. The van der Waals surface area contributed by atoms with Gasteiger partial charge in [0.1, 0.15) is 0 Å². The summed E-state index contributed by atoms with van der Waals surface area (Å²) in [6.07, 6.45) is 0. The minimum atomic E-state index is 0.450. The molecule has 0 aliphatic carbocycles. The first-order valence-electron chi connectivity index (χ1n) is 3.96. The summed E-state index contributed by atoms with van der Waals surface area (Å²) >= 11 is 1.34. The van der Waals surface area contributed by atoms with E-state index in [4.69, 9.17) is 5.53 Å². The number of hydrogen-bond donors (Lipinski definition) is 0. The van der Waals surface area contributed by atoms with Crippen LogP contribution < -0.4 is 0 Å². The molecule has 0 amide bonds. The molecule has 0 aliphatic heterocycles. The molecule has 14 heavy (non-hydrogen) atoms. The zero-order valence-electron chi connectivity index (χ0n) is 7.16. The summed E-state index contributed by atoms with van der Waals surface area (Å²) in [4.78, 5) is 6.85. The molecule has 0 bridgehead atoms. The van der Waals surface area contributed by atoms with Gasteiger partial charge in [0.05, 0.1) is 5.69 Å². The van der Waals surface area contributed by atoms with Crippen molar-refractivity contribution in [3.8, 4) is 11.3 Å². The van der Waals surface area contributed by atoms with Gasteiger partial charge in [-0.1, -0.05) is 30.3 Å². The van der Waals surface area contributed by atoms with E-state index in [1.54, 1.807) is 0 Å². The number of thiazole rings is 1. The van der Waals surface area contributed by atoms with Gasteiger partial charge in [-0.25, -0.2) is 4.98 Å². The Morgan fingerprint density at radius 2 is 2.07 bits per heavy atom. The molecule has 0 aliphatic rings. The van der Waals surface area contributed by atoms with Crippen molar-refractivity contribution >= 4 is 16.5 Å². The lowest BCUT2D eigenvalue weighted by Crippen LogP contribution is -1.74. The highest BCUT2D eigenvalue weighted by Gasteiger charge is 2.01. The first-order chi connectivity index (χ1) is 6.90. The van der Waals surface area contributed by atoms with E-state index in [-0.39, 0.29) is 0 Å². The Morgan fingerprint density at radius 1 is 1.29 bits per heavy atom. The second kappa shape index (κ2) is 3.91. The van der Waals surface area contributed by atoms with Crippen molar-refractivity contribution < 1.29 is 0 Å². The van der Waals surface area contributed by atoms with E-state index < -0.39 is 0 Å². The van der Waals surface area contributed by atoms with E-state index in [1.165, 1.54) is 11.3 Å². The molecular weight excluding hydrogens is 196 g/mol. The number of rotatable bonds is 2. The van der Waals surface area contributed by atoms with Crippen LogP contribution in [0.4, 0.5) is 5.13 Å². The van der Waals surface area contributed by atoms with Gasteiger partial charge >= 0.3 is 0 Å². The van der Waals surface area contributed by atoms with E-state index in [9.17, 15) is 0 Å². The van der Waals surface area contributed by atoms with Crippen molar-refractivity contribution in [2.45, 2.75) is 0 Å². The minimum absolute atomic E-state index is 0.450. The maximum Gasteiger partial charge on any atom is 0.180 e. The third-order valence-electron chi connectivity index (χ3n) is 1.69. The van der Waals surface area contributed by atoms with Crippen molar-refractivity contribution in [1.82, 2.24) is 4.98 Å². The standard InChI is InChI=1S/C9H6N4S/c10-13-12-9-11-8(6-14-9)7-4-2-1-3-5-7/h1-6H. The quantitative estimate of drug-likeness (QED) is 0.415. The third kappa shape index (κ3) is 1.74. The molecule has 0 fully saturated rings. The van der Waals surface area contributed by atoms with Crippen LogP contribution in [-0.2, 0) is 0 Å². The van der Waals surface area contributed by atoms with Crippen molar-refractivity contribution in [1.29, 1.82) is 0 Å². The monoisotopic (exact) mass is 202 g/mol. The summed E-state index contributed by atoms with van der Waals surface area (Å²) in [7, 11) is 0. The predicted octanol–water partition coefficient (Wildman–Crippen LogP) is 3.75. The molecule has 2 rings (SSSR count). The summed E-state index contributed by atoms with van der Waals surface area (Å²) in [5, 5.41) is 5.77. The average molecular weight is 202 g/mol. The zero-order valence-corrected chi connectivity index (χ0v) is 7.98. The van der Waals surface area contributed by atoms with Gasteiger partial charge in [0, 0.05) is 15.9 Å². The van der Waals surface area contributed by atoms with Gasteiger partial charge in [0.25, 0.3) is 0 Å². The Hall–Kier alpha value is -1.84. The van der Waals surface area contributed by atoms with Crippen molar-refractivity contribution in [3.05, 3.63) is 46.2 Å². The third-order valence-corrected chi connectivity index (χ3v) is 2.42. The fourth-order valence-corrected chi connectivity index (χ4v) is 1.73. The molecule has 4 nitrogen and oxygen atoms in total. The summed E-state index contributed by atoms with van der Waals surface area (Å²) in [5.74, 6) is 0. The van der Waals surface area contributed by atoms with Crippen molar-refractivity contribution in [2.24, 2.45) is 5.11 Å². The zero-order chi connectivity index (χ0) is 9.80. The average Bonchev–Trinajstić information content (AvgIpc) is 2.68. The maximum absolute atomic E-state index is 8.22. The Morgan fingerprint density at radius 3 is 2.79 bits per heavy atom. The largest absolute Gasteiger partial charge is 0.235 e. The predicted molar refractivity (Wildman–Crippen MR) is 56.4 cm³/mol. The number of nitrogens with zero attached hydrogens (tertiary/aromatic N) is 4. The first kappa shape index (κ1) is 8.74.